The number of benzene rings is 2. The van der Waals surface area contributed by atoms with E-state index in [0.29, 0.717) is 37.6 Å². The third-order valence-electron chi connectivity index (χ3n) is 3.66. The number of carbonyl (C=O) groups is 1. The van der Waals surface area contributed by atoms with Crippen molar-refractivity contribution >= 4 is 17.5 Å². The van der Waals surface area contributed by atoms with Gasteiger partial charge in [-0.2, -0.15) is 0 Å². The Hall–Kier alpha value is -2.20. The van der Waals surface area contributed by atoms with Crippen molar-refractivity contribution < 1.29 is 14.3 Å². The molecular formula is C20H24ClNO3. The first-order valence-corrected chi connectivity index (χ1v) is 8.77. The SMILES string of the molecule is Cc1ccc(C)c(OCCNC(=O)CCCOc2ccc(Cl)cc2)c1. The highest BCUT2D eigenvalue weighted by atomic mass is 35.5. The van der Waals surface area contributed by atoms with Crippen LogP contribution in [-0.4, -0.2) is 25.7 Å². The molecule has 2 aromatic carbocycles. The van der Waals surface area contributed by atoms with E-state index in [2.05, 4.69) is 11.4 Å². The fraction of sp³-hybridized carbons (Fsp3) is 0.350. The minimum atomic E-state index is 0.00395. The molecule has 25 heavy (non-hydrogen) atoms. The highest BCUT2D eigenvalue weighted by Crippen LogP contribution is 2.18. The lowest BCUT2D eigenvalue weighted by Gasteiger charge is -2.11. The summed E-state index contributed by atoms with van der Waals surface area (Å²) in [6, 6.07) is 13.3. The first-order valence-electron chi connectivity index (χ1n) is 8.40. The maximum Gasteiger partial charge on any atom is 0.220 e. The second-order valence-corrected chi connectivity index (χ2v) is 6.31. The standard InChI is InChI=1S/C20H24ClNO3/c1-15-5-6-16(2)19(14-15)25-13-11-22-20(23)4-3-12-24-18-9-7-17(21)8-10-18/h5-10,14H,3-4,11-13H2,1-2H3,(H,22,23). The number of carbonyl (C=O) groups excluding carboxylic acids is 1. The van der Waals surface area contributed by atoms with Gasteiger partial charge >= 0.3 is 0 Å². The van der Waals surface area contributed by atoms with E-state index in [1.807, 2.05) is 38.1 Å². The van der Waals surface area contributed by atoms with Gasteiger partial charge in [0.25, 0.3) is 0 Å². The third kappa shape index (κ3) is 7.06. The number of halogens is 1. The quantitative estimate of drug-likeness (QED) is 0.677. The second kappa shape index (κ2) is 9.94. The minimum absolute atomic E-state index is 0.00395. The zero-order valence-electron chi connectivity index (χ0n) is 14.7. The molecule has 0 atom stereocenters. The number of ether oxygens (including phenoxy) is 2. The molecule has 0 heterocycles. The van der Waals surface area contributed by atoms with E-state index >= 15 is 0 Å². The Balaban J connectivity index is 1.56. The monoisotopic (exact) mass is 361 g/mol. The predicted octanol–water partition coefficient (Wildman–Crippen LogP) is 4.31. The zero-order valence-corrected chi connectivity index (χ0v) is 15.4. The molecule has 1 N–H and O–H groups in total. The van der Waals surface area contributed by atoms with Gasteiger partial charge in [-0.25, -0.2) is 0 Å². The van der Waals surface area contributed by atoms with E-state index in [4.69, 9.17) is 21.1 Å². The van der Waals surface area contributed by atoms with Crippen LogP contribution in [0.4, 0.5) is 0 Å². The molecule has 0 radical (unpaired) electrons. The van der Waals surface area contributed by atoms with Crippen LogP contribution in [0.1, 0.15) is 24.0 Å². The van der Waals surface area contributed by atoms with Crippen molar-refractivity contribution in [3.05, 3.63) is 58.6 Å². The van der Waals surface area contributed by atoms with Gasteiger partial charge in [-0.1, -0.05) is 23.7 Å². The molecule has 2 aromatic rings. The van der Waals surface area contributed by atoms with Gasteiger partial charge in [-0.05, 0) is 61.7 Å². The lowest BCUT2D eigenvalue weighted by atomic mass is 10.1. The molecule has 4 nitrogen and oxygen atoms in total. The summed E-state index contributed by atoms with van der Waals surface area (Å²) < 4.78 is 11.3. The molecule has 134 valence electrons. The van der Waals surface area contributed by atoms with Crippen molar-refractivity contribution in [1.82, 2.24) is 5.32 Å². The summed E-state index contributed by atoms with van der Waals surface area (Å²) in [7, 11) is 0. The second-order valence-electron chi connectivity index (χ2n) is 5.87. The first kappa shape index (κ1) is 19.1. The van der Waals surface area contributed by atoms with Gasteiger partial charge in [-0.15, -0.1) is 0 Å². The summed E-state index contributed by atoms with van der Waals surface area (Å²) in [6.45, 7) is 5.48. The van der Waals surface area contributed by atoms with Crippen LogP contribution < -0.4 is 14.8 Å². The van der Waals surface area contributed by atoms with Crippen molar-refractivity contribution in [2.24, 2.45) is 0 Å². The van der Waals surface area contributed by atoms with Crippen LogP contribution in [0.2, 0.25) is 5.02 Å². The smallest absolute Gasteiger partial charge is 0.220 e. The molecule has 0 fully saturated rings. The highest BCUT2D eigenvalue weighted by molar-refractivity contribution is 6.30. The maximum absolute atomic E-state index is 11.8. The molecule has 0 aliphatic heterocycles. The van der Waals surface area contributed by atoms with E-state index < -0.39 is 0 Å². The summed E-state index contributed by atoms with van der Waals surface area (Å²) in [6.07, 6.45) is 1.09. The summed E-state index contributed by atoms with van der Waals surface area (Å²) in [5.74, 6) is 1.63. The van der Waals surface area contributed by atoms with E-state index in [-0.39, 0.29) is 5.91 Å². The van der Waals surface area contributed by atoms with Crippen molar-refractivity contribution in [1.29, 1.82) is 0 Å². The van der Waals surface area contributed by atoms with Crippen LogP contribution in [0.15, 0.2) is 42.5 Å². The summed E-state index contributed by atoms with van der Waals surface area (Å²) >= 11 is 5.81. The number of rotatable bonds is 9. The molecule has 0 aromatic heterocycles. The van der Waals surface area contributed by atoms with Gasteiger partial charge < -0.3 is 14.8 Å². The van der Waals surface area contributed by atoms with Gasteiger partial charge in [0.2, 0.25) is 5.91 Å². The first-order chi connectivity index (χ1) is 12.0. The van der Waals surface area contributed by atoms with Gasteiger partial charge in [0.1, 0.15) is 18.1 Å². The highest BCUT2D eigenvalue weighted by Gasteiger charge is 2.03. The molecule has 0 spiro atoms. The van der Waals surface area contributed by atoms with Crippen LogP contribution >= 0.6 is 11.6 Å². The van der Waals surface area contributed by atoms with Crippen molar-refractivity contribution in [3.63, 3.8) is 0 Å². The Morgan fingerprint density at radius 3 is 2.56 bits per heavy atom. The van der Waals surface area contributed by atoms with E-state index in [1.54, 1.807) is 12.1 Å². The van der Waals surface area contributed by atoms with Crippen LogP contribution in [0.25, 0.3) is 0 Å². The predicted molar refractivity (Wildman–Crippen MR) is 101 cm³/mol. The lowest BCUT2D eigenvalue weighted by molar-refractivity contribution is -0.121. The van der Waals surface area contributed by atoms with Crippen LogP contribution in [0.5, 0.6) is 11.5 Å². The van der Waals surface area contributed by atoms with Gasteiger partial charge in [0.05, 0.1) is 13.2 Å². The molecular weight excluding hydrogens is 338 g/mol. The molecule has 0 unspecified atom stereocenters. The Kier molecular flexibility index (Phi) is 7.61. The molecule has 0 saturated heterocycles. The number of hydrogen-bond acceptors (Lipinski definition) is 3. The van der Waals surface area contributed by atoms with E-state index in [1.165, 1.54) is 0 Å². The van der Waals surface area contributed by atoms with Crippen molar-refractivity contribution in [2.75, 3.05) is 19.8 Å². The zero-order chi connectivity index (χ0) is 18.1. The van der Waals surface area contributed by atoms with E-state index in [9.17, 15) is 4.79 Å². The van der Waals surface area contributed by atoms with Gasteiger partial charge in [0.15, 0.2) is 0 Å². The molecule has 0 saturated carbocycles. The molecule has 0 bridgehead atoms. The summed E-state index contributed by atoms with van der Waals surface area (Å²) in [5, 5.41) is 3.53. The number of amides is 1. The van der Waals surface area contributed by atoms with Gasteiger partial charge in [0, 0.05) is 11.4 Å². The van der Waals surface area contributed by atoms with Crippen LogP contribution in [-0.2, 0) is 4.79 Å². The number of hydrogen-bond donors (Lipinski definition) is 1. The van der Waals surface area contributed by atoms with Gasteiger partial charge in [-0.3, -0.25) is 4.79 Å². The molecule has 1 amide bonds. The molecule has 5 heteroatoms. The van der Waals surface area contributed by atoms with Crippen molar-refractivity contribution in [3.8, 4) is 11.5 Å². The average Bonchev–Trinajstić information content (AvgIpc) is 2.60. The molecule has 2 rings (SSSR count). The summed E-state index contributed by atoms with van der Waals surface area (Å²) in [4.78, 5) is 11.8. The van der Waals surface area contributed by atoms with Crippen LogP contribution in [0, 0.1) is 13.8 Å². The molecule has 0 aliphatic rings. The Labute approximate surface area is 154 Å². The fourth-order valence-electron chi connectivity index (χ4n) is 2.26. The minimum Gasteiger partial charge on any atom is -0.494 e. The van der Waals surface area contributed by atoms with Crippen LogP contribution in [0.3, 0.4) is 0 Å². The molecule has 0 aliphatic carbocycles. The lowest BCUT2D eigenvalue weighted by Crippen LogP contribution is -2.28. The Bertz CT molecular complexity index is 686. The number of nitrogens with one attached hydrogen (secondary N) is 1. The third-order valence-corrected chi connectivity index (χ3v) is 3.91. The topological polar surface area (TPSA) is 47.6 Å². The largest absolute Gasteiger partial charge is 0.494 e. The average molecular weight is 362 g/mol. The number of aryl methyl sites for hydroxylation is 2. The van der Waals surface area contributed by atoms with Crippen molar-refractivity contribution in [2.45, 2.75) is 26.7 Å². The normalized spacial score (nSPS) is 10.4. The Morgan fingerprint density at radius 1 is 1.04 bits per heavy atom. The Morgan fingerprint density at radius 2 is 1.80 bits per heavy atom. The fourth-order valence-corrected chi connectivity index (χ4v) is 2.38. The maximum atomic E-state index is 11.8. The van der Waals surface area contributed by atoms with E-state index in [0.717, 1.165) is 22.6 Å². The summed E-state index contributed by atoms with van der Waals surface area (Å²) in [5.41, 5.74) is 2.25.